The fourth-order valence-corrected chi connectivity index (χ4v) is 1.35. The number of aromatic nitrogens is 3. The number of rotatable bonds is 1. The quantitative estimate of drug-likeness (QED) is 0.719. The highest BCUT2D eigenvalue weighted by Crippen LogP contribution is 2.10. The molecule has 2 aromatic rings. The molecule has 0 radical (unpaired) electrons. The zero-order valence-corrected chi connectivity index (χ0v) is 9.91. The van der Waals surface area contributed by atoms with E-state index in [4.69, 9.17) is 0 Å². The third kappa shape index (κ3) is 3.84. The van der Waals surface area contributed by atoms with Gasteiger partial charge in [0.25, 0.3) is 0 Å². The summed E-state index contributed by atoms with van der Waals surface area (Å²) in [5.74, 6) is 0.454. The highest BCUT2D eigenvalue weighted by molar-refractivity contribution is 6.01. The Morgan fingerprint density at radius 3 is 2.16 bits per heavy atom. The Labute approximate surface area is 109 Å². The molecule has 1 aromatic heterocycles. The highest BCUT2D eigenvalue weighted by Gasteiger charge is 2.14. The van der Waals surface area contributed by atoms with Crippen molar-refractivity contribution in [2.24, 2.45) is 0 Å². The van der Waals surface area contributed by atoms with Crippen LogP contribution < -0.4 is 10.6 Å². The van der Waals surface area contributed by atoms with Gasteiger partial charge in [-0.05, 0) is 0 Å². The molecule has 0 spiro atoms. The number of nitrogens with one attached hydrogen (secondary N) is 2. The molecule has 1 fully saturated rings. The van der Waals surface area contributed by atoms with Crippen molar-refractivity contribution in [1.29, 1.82) is 0 Å². The largest absolute Gasteiger partial charge is 0.329 e. The molecule has 7 nitrogen and oxygen atoms in total. The minimum atomic E-state index is -0.398. The van der Waals surface area contributed by atoms with Crippen LogP contribution >= 0.6 is 0 Å². The summed E-state index contributed by atoms with van der Waals surface area (Å²) >= 11 is 0. The fourth-order valence-electron chi connectivity index (χ4n) is 1.35. The maximum atomic E-state index is 10.1. The van der Waals surface area contributed by atoms with Crippen molar-refractivity contribution in [1.82, 2.24) is 25.6 Å². The van der Waals surface area contributed by atoms with Crippen LogP contribution in [0, 0.1) is 0 Å². The number of hydrogen-bond acceptors (Lipinski definition) is 5. The summed E-state index contributed by atoms with van der Waals surface area (Å²) in [6, 6.07) is 9.41. The SMILES string of the molecule is O=C1CNC(=O)N1.c1ccc(-c2ncncn2)cc1. The lowest BCUT2D eigenvalue weighted by molar-refractivity contribution is -0.117. The van der Waals surface area contributed by atoms with Crippen LogP contribution in [0.4, 0.5) is 4.79 Å². The molecular weight excluding hydrogens is 246 g/mol. The molecule has 3 rings (SSSR count). The monoisotopic (exact) mass is 257 g/mol. The number of nitrogens with zero attached hydrogens (tertiary/aromatic N) is 3. The molecule has 1 aliphatic heterocycles. The first kappa shape index (κ1) is 12.6. The van der Waals surface area contributed by atoms with Crippen LogP contribution in [-0.2, 0) is 4.79 Å². The van der Waals surface area contributed by atoms with E-state index in [9.17, 15) is 9.59 Å². The molecule has 7 heteroatoms. The summed E-state index contributed by atoms with van der Waals surface area (Å²) in [6.07, 6.45) is 2.99. The molecule has 1 aliphatic rings. The van der Waals surface area contributed by atoms with Gasteiger partial charge in [-0.3, -0.25) is 10.1 Å². The first-order valence-corrected chi connectivity index (χ1v) is 5.51. The number of carbonyl (C=O) groups is 2. The number of carbonyl (C=O) groups excluding carboxylic acids is 2. The average molecular weight is 257 g/mol. The van der Waals surface area contributed by atoms with Gasteiger partial charge in [0.1, 0.15) is 12.7 Å². The minimum Gasteiger partial charge on any atom is -0.329 e. The van der Waals surface area contributed by atoms with Gasteiger partial charge in [0.05, 0.1) is 6.54 Å². The number of imide groups is 1. The summed E-state index contributed by atoms with van der Waals surface area (Å²) in [5, 5.41) is 4.30. The molecule has 1 aromatic carbocycles. The van der Waals surface area contributed by atoms with Gasteiger partial charge in [0.2, 0.25) is 5.91 Å². The molecule has 3 amide bonds. The molecule has 96 valence electrons. The summed E-state index contributed by atoms with van der Waals surface area (Å²) in [7, 11) is 0. The van der Waals surface area contributed by atoms with Crippen LogP contribution in [0.5, 0.6) is 0 Å². The number of urea groups is 1. The van der Waals surface area contributed by atoms with E-state index in [-0.39, 0.29) is 12.5 Å². The van der Waals surface area contributed by atoms with Gasteiger partial charge in [0.15, 0.2) is 5.82 Å². The van der Waals surface area contributed by atoms with Crippen molar-refractivity contribution >= 4 is 11.9 Å². The maximum Gasteiger partial charge on any atom is 0.321 e. The lowest BCUT2D eigenvalue weighted by Crippen LogP contribution is -2.22. The van der Waals surface area contributed by atoms with Crippen molar-refractivity contribution < 1.29 is 9.59 Å². The van der Waals surface area contributed by atoms with Crippen molar-refractivity contribution in [3.8, 4) is 11.4 Å². The highest BCUT2D eigenvalue weighted by atomic mass is 16.2. The van der Waals surface area contributed by atoms with E-state index in [1.54, 1.807) is 0 Å². The normalized spacial score (nSPS) is 13.1. The zero-order valence-electron chi connectivity index (χ0n) is 9.91. The zero-order chi connectivity index (χ0) is 13.5. The maximum absolute atomic E-state index is 10.1. The summed E-state index contributed by atoms with van der Waals surface area (Å²) < 4.78 is 0. The van der Waals surface area contributed by atoms with Gasteiger partial charge in [-0.15, -0.1) is 0 Å². The van der Waals surface area contributed by atoms with Crippen molar-refractivity contribution in [2.45, 2.75) is 0 Å². The Morgan fingerprint density at radius 2 is 1.68 bits per heavy atom. The molecule has 0 aliphatic carbocycles. The van der Waals surface area contributed by atoms with Crippen LogP contribution in [0.3, 0.4) is 0 Å². The average Bonchev–Trinajstić information content (AvgIpc) is 2.85. The van der Waals surface area contributed by atoms with Crippen LogP contribution in [0.2, 0.25) is 0 Å². The number of benzene rings is 1. The first-order valence-electron chi connectivity index (χ1n) is 5.51. The molecule has 0 bridgehead atoms. The van der Waals surface area contributed by atoms with E-state index >= 15 is 0 Å². The van der Waals surface area contributed by atoms with E-state index in [1.807, 2.05) is 35.6 Å². The summed E-state index contributed by atoms with van der Waals surface area (Å²) in [5.41, 5.74) is 1.01. The standard InChI is InChI=1S/C9H7N3.C3H4N2O2/c1-2-4-8(5-3-1)9-11-6-10-7-12-9;6-2-1-4-3(7)5-2/h1-7H;1H2,(H2,4,5,6,7). The smallest absolute Gasteiger partial charge is 0.321 e. The van der Waals surface area contributed by atoms with Crippen LogP contribution in [-0.4, -0.2) is 33.4 Å². The summed E-state index contributed by atoms with van der Waals surface area (Å²) in [6.45, 7) is 0.124. The Kier molecular flexibility index (Phi) is 4.12. The van der Waals surface area contributed by atoms with E-state index in [2.05, 4.69) is 20.3 Å². The third-order valence-corrected chi connectivity index (χ3v) is 2.19. The van der Waals surface area contributed by atoms with E-state index in [0.717, 1.165) is 5.56 Å². The Bertz CT molecular complexity index is 507. The Hall–Kier alpha value is -2.83. The minimum absolute atomic E-state index is 0.124. The Morgan fingerprint density at radius 1 is 1.00 bits per heavy atom. The van der Waals surface area contributed by atoms with Gasteiger partial charge in [-0.2, -0.15) is 0 Å². The molecule has 2 N–H and O–H groups in total. The molecule has 19 heavy (non-hydrogen) atoms. The van der Waals surface area contributed by atoms with Crippen molar-refractivity contribution in [3.05, 3.63) is 43.0 Å². The van der Waals surface area contributed by atoms with Crippen LogP contribution in [0.25, 0.3) is 11.4 Å². The molecular formula is C12H11N5O2. The topological polar surface area (TPSA) is 96.9 Å². The fraction of sp³-hybridized carbons (Fsp3) is 0.0833. The Balaban J connectivity index is 0.000000163. The molecule has 0 unspecified atom stereocenters. The van der Waals surface area contributed by atoms with Gasteiger partial charge in [-0.1, -0.05) is 30.3 Å². The number of amides is 3. The van der Waals surface area contributed by atoms with E-state index < -0.39 is 6.03 Å². The lowest BCUT2D eigenvalue weighted by atomic mass is 10.2. The summed E-state index contributed by atoms with van der Waals surface area (Å²) in [4.78, 5) is 31.9. The van der Waals surface area contributed by atoms with Crippen molar-refractivity contribution in [3.63, 3.8) is 0 Å². The van der Waals surface area contributed by atoms with Crippen LogP contribution in [0.1, 0.15) is 0 Å². The second-order valence-electron chi connectivity index (χ2n) is 3.56. The molecule has 2 heterocycles. The predicted molar refractivity (Wildman–Crippen MR) is 66.8 cm³/mol. The first-order chi connectivity index (χ1) is 9.25. The second kappa shape index (κ2) is 6.20. The van der Waals surface area contributed by atoms with Gasteiger partial charge in [-0.25, -0.2) is 19.7 Å². The van der Waals surface area contributed by atoms with Crippen LogP contribution in [0.15, 0.2) is 43.0 Å². The molecule has 0 atom stereocenters. The van der Waals surface area contributed by atoms with Gasteiger partial charge >= 0.3 is 6.03 Å². The van der Waals surface area contributed by atoms with Gasteiger partial charge < -0.3 is 5.32 Å². The van der Waals surface area contributed by atoms with Crippen molar-refractivity contribution in [2.75, 3.05) is 6.54 Å². The molecule has 0 saturated carbocycles. The predicted octanol–water partition coefficient (Wildman–Crippen LogP) is 0.364. The molecule has 1 saturated heterocycles. The second-order valence-corrected chi connectivity index (χ2v) is 3.56. The third-order valence-electron chi connectivity index (χ3n) is 2.19. The van der Waals surface area contributed by atoms with Gasteiger partial charge in [0, 0.05) is 5.56 Å². The van der Waals surface area contributed by atoms with E-state index in [1.165, 1.54) is 12.7 Å². The van der Waals surface area contributed by atoms with E-state index in [0.29, 0.717) is 5.82 Å². The lowest BCUT2D eigenvalue weighted by Gasteiger charge is -1.95. The number of hydrogen-bond donors (Lipinski definition) is 2.